The van der Waals surface area contributed by atoms with E-state index in [-0.39, 0.29) is 27.5 Å². The van der Waals surface area contributed by atoms with E-state index in [9.17, 15) is 14.4 Å². The number of amides is 2. The standard InChI is InChI=1S/C55H40N2O7/c1-54(2,3)30-12-16-33(17-13-30)62-42-27-39-44-37(50(58)57(51(39)59)32-24-25-56-41(26-32)29-10-8-7-9-11-29)22-20-35-47-43(63-34-18-14-31(15-19-34)55(4,5)6)28-40-45-38(52(60)64-53(40)61)23-21-36(49(45)47)46(42)48(35)44/h7-28H,1-6H3. The molecule has 0 bridgehead atoms. The maximum absolute atomic E-state index is 15.1. The van der Waals surface area contributed by atoms with Crippen molar-refractivity contribution in [3.63, 3.8) is 0 Å². The van der Waals surface area contributed by atoms with E-state index in [1.54, 1.807) is 42.6 Å². The smallest absolute Gasteiger partial charge is 0.346 e. The molecule has 0 unspecified atom stereocenters. The van der Waals surface area contributed by atoms with Gasteiger partial charge in [-0.1, -0.05) is 108 Å². The van der Waals surface area contributed by atoms with Gasteiger partial charge in [0, 0.05) is 49.6 Å². The lowest BCUT2D eigenvalue weighted by molar-refractivity contribution is 0.0390. The highest BCUT2D eigenvalue weighted by molar-refractivity contribution is 6.44. The van der Waals surface area contributed by atoms with Crippen LogP contribution in [-0.4, -0.2) is 28.7 Å². The molecule has 9 aromatic rings. The first-order chi connectivity index (χ1) is 30.7. The van der Waals surface area contributed by atoms with Gasteiger partial charge in [0.15, 0.2) is 0 Å². The summed E-state index contributed by atoms with van der Waals surface area (Å²) in [6.45, 7) is 12.8. The van der Waals surface area contributed by atoms with E-state index in [4.69, 9.17) is 14.2 Å². The molecule has 2 aliphatic heterocycles. The largest absolute Gasteiger partial charge is 0.457 e. The minimum absolute atomic E-state index is 0.0978. The number of carbonyl (C=O) groups is 4. The van der Waals surface area contributed by atoms with Crippen LogP contribution in [0.15, 0.2) is 134 Å². The van der Waals surface area contributed by atoms with Crippen molar-refractivity contribution >= 4 is 72.5 Å². The Morgan fingerprint density at radius 2 is 0.984 bits per heavy atom. The molecule has 0 aliphatic carbocycles. The summed E-state index contributed by atoms with van der Waals surface area (Å²) in [4.78, 5) is 62.8. The maximum Gasteiger partial charge on any atom is 0.346 e. The summed E-state index contributed by atoms with van der Waals surface area (Å²) in [6.07, 6.45) is 1.59. The number of hydrogen-bond acceptors (Lipinski definition) is 8. The molecule has 9 nitrogen and oxygen atoms in total. The first-order valence-electron chi connectivity index (χ1n) is 21.2. The number of carbonyl (C=O) groups excluding carboxylic acids is 4. The quantitative estimate of drug-likeness (QED) is 0.0535. The number of benzene rings is 8. The van der Waals surface area contributed by atoms with Crippen molar-refractivity contribution in [2.45, 2.75) is 52.4 Å². The number of hydrogen-bond donors (Lipinski definition) is 0. The van der Waals surface area contributed by atoms with Crippen LogP contribution >= 0.6 is 0 Å². The second-order valence-electron chi connectivity index (χ2n) is 18.6. The first-order valence-corrected chi connectivity index (χ1v) is 21.2. The van der Waals surface area contributed by atoms with Crippen molar-refractivity contribution in [2.75, 3.05) is 4.90 Å². The van der Waals surface area contributed by atoms with Crippen molar-refractivity contribution in [2.24, 2.45) is 0 Å². The molecule has 0 saturated carbocycles. The van der Waals surface area contributed by atoms with Gasteiger partial charge in [0.1, 0.15) is 23.0 Å². The fraction of sp³-hybridized carbons (Fsp3) is 0.145. The fourth-order valence-electron chi connectivity index (χ4n) is 9.26. The molecule has 1 aromatic heterocycles. The van der Waals surface area contributed by atoms with Crippen LogP contribution in [-0.2, 0) is 15.6 Å². The van der Waals surface area contributed by atoms with Gasteiger partial charge in [0.25, 0.3) is 11.8 Å². The zero-order valence-corrected chi connectivity index (χ0v) is 36.0. The molecule has 3 heterocycles. The summed E-state index contributed by atoms with van der Waals surface area (Å²) in [5.41, 5.74) is 4.85. The molecule has 0 fully saturated rings. The molecule has 8 aromatic carbocycles. The predicted octanol–water partition coefficient (Wildman–Crippen LogP) is 13.1. The minimum Gasteiger partial charge on any atom is -0.457 e. The third kappa shape index (κ3) is 5.95. The van der Waals surface area contributed by atoms with Crippen LogP contribution in [0.2, 0.25) is 0 Å². The average Bonchev–Trinajstić information content (AvgIpc) is 3.27. The summed E-state index contributed by atoms with van der Waals surface area (Å²) >= 11 is 0. The number of cyclic esters (lactones) is 2. The Bertz CT molecular complexity index is 3490. The highest BCUT2D eigenvalue weighted by Crippen LogP contribution is 2.53. The topological polar surface area (TPSA) is 112 Å². The molecule has 2 aliphatic rings. The van der Waals surface area contributed by atoms with Gasteiger partial charge in [-0.05, 0) is 93.4 Å². The molecule has 312 valence electrons. The normalized spacial score (nSPS) is 14.0. The summed E-state index contributed by atoms with van der Waals surface area (Å²) in [7, 11) is 0. The van der Waals surface area contributed by atoms with Gasteiger partial charge in [-0.25, -0.2) is 14.5 Å². The molecular weight excluding hydrogens is 801 g/mol. The minimum atomic E-state index is -0.789. The van der Waals surface area contributed by atoms with Crippen LogP contribution in [0, 0.1) is 0 Å². The van der Waals surface area contributed by atoms with Crippen molar-refractivity contribution < 1.29 is 33.4 Å². The Labute approximate surface area is 368 Å². The second kappa shape index (κ2) is 13.8. The number of pyridine rings is 1. The number of rotatable bonds is 6. The summed E-state index contributed by atoms with van der Waals surface area (Å²) < 4.78 is 18.9. The maximum atomic E-state index is 15.1. The fourth-order valence-corrected chi connectivity index (χ4v) is 9.26. The monoisotopic (exact) mass is 840 g/mol. The summed E-state index contributed by atoms with van der Waals surface area (Å²) in [5, 5.41) is 4.54. The Hall–Kier alpha value is -7.91. The number of nitrogens with zero attached hydrogens (tertiary/aromatic N) is 2. The Balaban J connectivity index is 1.21. The van der Waals surface area contributed by atoms with Gasteiger partial charge < -0.3 is 14.2 Å². The van der Waals surface area contributed by atoms with Crippen molar-refractivity contribution in [1.29, 1.82) is 0 Å². The van der Waals surface area contributed by atoms with Crippen molar-refractivity contribution in [3.8, 4) is 34.3 Å². The molecular formula is C55H40N2O7. The number of fused-ring (bicyclic) bond motifs is 2. The molecule has 0 spiro atoms. The third-order valence-electron chi connectivity index (χ3n) is 12.5. The van der Waals surface area contributed by atoms with Crippen LogP contribution in [0.5, 0.6) is 23.0 Å². The van der Waals surface area contributed by atoms with Crippen molar-refractivity contribution in [1.82, 2.24) is 4.98 Å². The lowest BCUT2D eigenvalue weighted by atomic mass is 9.82. The third-order valence-corrected chi connectivity index (χ3v) is 12.5. The van der Waals surface area contributed by atoms with Gasteiger partial charge in [-0.15, -0.1) is 0 Å². The molecule has 0 radical (unpaired) electrons. The molecule has 0 atom stereocenters. The van der Waals surface area contributed by atoms with Crippen LogP contribution in [0.1, 0.15) is 94.1 Å². The molecule has 9 heteroatoms. The summed E-state index contributed by atoms with van der Waals surface area (Å²) in [6, 6.07) is 39.0. The lowest BCUT2D eigenvalue weighted by Gasteiger charge is -2.30. The van der Waals surface area contributed by atoms with E-state index in [1.807, 2.05) is 91.0 Å². The van der Waals surface area contributed by atoms with Gasteiger partial charge in [-0.2, -0.15) is 0 Å². The Morgan fingerprint density at radius 3 is 1.55 bits per heavy atom. The van der Waals surface area contributed by atoms with E-state index in [1.165, 1.54) is 4.90 Å². The van der Waals surface area contributed by atoms with E-state index in [2.05, 4.69) is 46.5 Å². The van der Waals surface area contributed by atoms with E-state index in [0.717, 1.165) is 16.7 Å². The van der Waals surface area contributed by atoms with Crippen LogP contribution in [0.4, 0.5) is 5.69 Å². The highest BCUT2D eigenvalue weighted by Gasteiger charge is 2.39. The summed E-state index contributed by atoms with van der Waals surface area (Å²) in [5.74, 6) is -0.824. The van der Waals surface area contributed by atoms with Gasteiger partial charge >= 0.3 is 11.9 Å². The number of aromatic nitrogens is 1. The molecule has 2 amide bonds. The van der Waals surface area contributed by atoms with Gasteiger partial charge in [-0.3, -0.25) is 14.6 Å². The van der Waals surface area contributed by atoms with Crippen molar-refractivity contribution in [3.05, 3.63) is 167 Å². The predicted molar refractivity (Wildman–Crippen MR) is 249 cm³/mol. The number of ether oxygens (including phenoxy) is 3. The Morgan fingerprint density at radius 1 is 0.484 bits per heavy atom. The Kier molecular flexibility index (Phi) is 8.40. The number of imide groups is 1. The molecule has 11 rings (SSSR count). The van der Waals surface area contributed by atoms with E-state index in [0.29, 0.717) is 83.0 Å². The van der Waals surface area contributed by atoms with E-state index >= 15 is 4.79 Å². The molecule has 64 heavy (non-hydrogen) atoms. The SMILES string of the molecule is CC(C)(C)c1ccc(Oc2cc3c4c(ccc5c6c(Oc7ccc(C(C)(C)C)cc7)cc7c8c(ccc(c2c45)c86)C(=O)N(c2ccnc(-c4ccccc4)c2)C7=O)C(=O)OC3=O)cc1. The zero-order chi connectivity index (χ0) is 44.4. The highest BCUT2D eigenvalue weighted by atomic mass is 16.6. The van der Waals surface area contributed by atoms with Gasteiger partial charge in [0.2, 0.25) is 0 Å². The number of esters is 2. The van der Waals surface area contributed by atoms with Crippen LogP contribution in [0.25, 0.3) is 54.3 Å². The average molecular weight is 841 g/mol. The zero-order valence-electron chi connectivity index (χ0n) is 36.0. The van der Waals surface area contributed by atoms with Crippen LogP contribution in [0.3, 0.4) is 0 Å². The van der Waals surface area contributed by atoms with E-state index < -0.39 is 23.8 Å². The van der Waals surface area contributed by atoms with Crippen LogP contribution < -0.4 is 14.4 Å². The lowest BCUT2D eigenvalue weighted by Crippen LogP contribution is -2.40. The molecule has 0 N–H and O–H groups in total. The van der Waals surface area contributed by atoms with Gasteiger partial charge in [0.05, 0.1) is 28.1 Å². The number of anilines is 1. The molecule has 0 saturated heterocycles. The first kappa shape index (κ1) is 39.0. The second-order valence-corrected chi connectivity index (χ2v) is 18.6.